The van der Waals surface area contributed by atoms with Gasteiger partial charge in [-0.3, -0.25) is 57.1 Å². The van der Waals surface area contributed by atoms with Gasteiger partial charge in [-0.05, 0) is 128 Å². The summed E-state index contributed by atoms with van der Waals surface area (Å²) in [6.07, 6.45) is -8.68. The maximum Gasteiger partial charge on any atom is 0.419 e. The zero-order chi connectivity index (χ0) is 86.0. The molecule has 0 spiro atoms. The molecule has 0 aliphatic carbocycles. The number of amides is 5. The lowest BCUT2D eigenvalue weighted by Gasteiger charge is -2.18. The topological polar surface area (TPSA) is 463 Å². The van der Waals surface area contributed by atoms with Crippen LogP contribution in [0.25, 0.3) is 44.1 Å². The molecule has 10 aromatic rings. The summed E-state index contributed by atoms with van der Waals surface area (Å²) in [5.41, 5.74) is 11.7. The predicted molar refractivity (Wildman–Crippen MR) is 414 cm³/mol. The highest BCUT2D eigenvalue weighted by molar-refractivity contribution is 7.79. The normalized spacial score (nSPS) is 11.1. The number of anilines is 1. The fourth-order valence-corrected chi connectivity index (χ4v) is 10.8. The lowest BCUT2D eigenvalue weighted by Crippen LogP contribution is -2.35. The quantitative estimate of drug-likeness (QED) is 0.0109. The van der Waals surface area contributed by atoms with E-state index in [1.165, 1.54) is 16.8 Å². The molecule has 0 saturated carbocycles. The largest absolute Gasteiger partial charge is 0.476 e. The minimum Gasteiger partial charge on any atom is -0.476 e. The van der Waals surface area contributed by atoms with Gasteiger partial charge in [0.2, 0.25) is 17.8 Å². The van der Waals surface area contributed by atoms with Crippen molar-refractivity contribution in [3.8, 4) is 17.8 Å². The van der Waals surface area contributed by atoms with Gasteiger partial charge in [0.15, 0.2) is 11.3 Å². The van der Waals surface area contributed by atoms with Gasteiger partial charge in [-0.15, -0.1) is 24.0 Å². The Morgan fingerprint density at radius 3 is 1.39 bits per heavy atom. The molecule has 115 heavy (non-hydrogen) atoms. The molecule has 0 atom stereocenters. The molecule has 626 valence electrons. The molecule has 45 heteroatoms. The van der Waals surface area contributed by atoms with E-state index in [0.29, 0.717) is 76.6 Å². The van der Waals surface area contributed by atoms with Gasteiger partial charge in [-0.25, -0.2) is 18.4 Å². The number of nitrogens with two attached hydrogens (primary N) is 2. The number of pyridine rings is 4. The van der Waals surface area contributed by atoms with E-state index in [2.05, 4.69) is 93.0 Å². The smallest absolute Gasteiger partial charge is 0.419 e. The minimum absolute atomic E-state index is 0. The molecule has 0 bridgehead atoms. The Kier molecular flexibility index (Phi) is 37.7. The number of carbonyl (C=O) groups is 4. The monoisotopic (exact) mass is 1680 g/mol. The number of nitrogens with one attached hydrogen (secondary N) is 4. The number of alkyl halides is 7. The Morgan fingerprint density at radius 2 is 0.983 bits per heavy atom. The SMILES string of the molecule is CCN(CC)CCCl.CCN(CC)CCOc1nc2c(cc1C(=O)NC(=O)Nc1ccc(F)c(C(F)(F)F)c1)c(C)nn2C.CCN(CC)CCOc1nc2c(cc1C(N)=O)c(C)nn2C.Cc1nn(C)c2[nH]c(=O)c(C#N)cc12.Cc1nn(C)c2[nH]c(=O)c(C(N)=O)cc12.Cl.O=C=Nc1ccc(F)c(C(F)(F)F)c1.O=S(=O)(O)O. The molecule has 0 fully saturated rings. The van der Waals surface area contributed by atoms with Crippen LogP contribution in [0.5, 0.6) is 11.8 Å². The van der Waals surface area contributed by atoms with E-state index in [1.54, 1.807) is 61.2 Å². The van der Waals surface area contributed by atoms with Crippen LogP contribution >= 0.6 is 24.0 Å². The van der Waals surface area contributed by atoms with E-state index in [9.17, 15) is 68.7 Å². The van der Waals surface area contributed by atoms with Crippen molar-refractivity contribution >= 4 is 120 Å². The number of nitrogens with zero attached hydrogens (tertiary/aromatic N) is 15. The molecule has 8 aromatic heterocycles. The second-order valence-corrected chi connectivity index (χ2v) is 25.3. The predicted octanol–water partition coefficient (Wildman–Crippen LogP) is 9.47. The van der Waals surface area contributed by atoms with Gasteiger partial charge in [-0.1, -0.05) is 41.5 Å². The average Bonchev–Trinajstić information content (AvgIpc) is 1.66. The number of H-pyrrole nitrogens is 2. The number of aromatic amines is 2. The standard InChI is InChI=1S/C23H26F4N6O3.C15H23N5O2.C9H10N4O2.C9H8N4O.C8H3F4NO.C6H14ClN.ClH.H2O4S/c1-5-33(6-2)9-10-36-21-16(12-15-13(3)31-32(4)19(15)29-21)20(34)30-22(35)28-14-7-8-18(24)17(11-14)23(25,26)27;1-5-20(6-2)7-8-22-15-12(13(16)21)9-11-10(3)18-19(4)14(11)17-15;1-4-5-3-6(7(10)14)9(15)11-8(5)13(2)12-4;1-5-7-3-6(4-10)9(14)11-8(7)13(2)12-5;9-7-2-1-5(13-4-14)3-6(7)8(10,11)12;1-3-8(4-2)6-5-7;;1-5(2,3)4/h7-8,11-12H,5-6,9-10H2,1-4H3,(H2,28,30,34,35);9H,5-8H2,1-4H3,(H2,16,21);3H,1-2H3,(H2,10,14)(H,11,15);3H,1-2H3,(H,11,14);1-3H;3-6H2,1-2H3;1H;(H2,1,2,3,4). The number of fused-ring (bicyclic) bond motifs is 4. The second-order valence-electron chi connectivity index (χ2n) is 24.0. The highest BCUT2D eigenvalue weighted by Gasteiger charge is 2.36. The Hall–Kier alpha value is -11.4. The molecule has 34 nitrogen and oxygen atoms in total. The number of rotatable bonds is 21. The van der Waals surface area contributed by atoms with E-state index in [0.717, 1.165) is 110 Å². The number of imide groups is 1. The summed E-state index contributed by atoms with van der Waals surface area (Å²) >= 11 is 5.51. The van der Waals surface area contributed by atoms with Crippen LogP contribution in [0.3, 0.4) is 0 Å². The number of benzene rings is 2. The number of halogens is 10. The van der Waals surface area contributed by atoms with Crippen LogP contribution in [-0.2, 0) is 55.7 Å². The van der Waals surface area contributed by atoms with Crippen molar-refractivity contribution in [3.05, 3.63) is 149 Å². The number of hydrogen-bond acceptors (Lipinski definition) is 22. The Bertz CT molecular complexity index is 5370. The first-order chi connectivity index (χ1) is 53.3. The van der Waals surface area contributed by atoms with Gasteiger partial charge in [-0.2, -0.15) is 75.4 Å². The summed E-state index contributed by atoms with van der Waals surface area (Å²) in [7, 11) is 2.30. The van der Waals surface area contributed by atoms with Crippen molar-refractivity contribution in [1.29, 1.82) is 5.26 Å². The summed E-state index contributed by atoms with van der Waals surface area (Å²) in [4.78, 5) is 104. The van der Waals surface area contributed by atoms with Crippen molar-refractivity contribution in [2.75, 3.05) is 83.3 Å². The number of primary amides is 2. The number of aryl methyl sites for hydroxylation is 8. The first-order valence-corrected chi connectivity index (χ1v) is 36.2. The van der Waals surface area contributed by atoms with Crippen LogP contribution in [0.15, 0.2) is 75.2 Å². The Balaban J connectivity index is 0.000000374. The number of likely N-dealkylation sites (N-methyl/N-ethyl adjacent to an activating group) is 2. The average molecular weight is 1690 g/mol. The molecule has 8 heterocycles. The number of aromatic nitrogens is 12. The minimum atomic E-state index is -4.95. The maximum absolute atomic E-state index is 13.5. The van der Waals surface area contributed by atoms with E-state index in [1.807, 2.05) is 46.1 Å². The maximum atomic E-state index is 13.5. The first kappa shape index (κ1) is 97.8. The summed E-state index contributed by atoms with van der Waals surface area (Å²) < 4.78 is 151. The molecule has 0 saturated heterocycles. The number of carbonyl (C=O) groups excluding carboxylic acids is 5. The third-order valence-electron chi connectivity index (χ3n) is 16.5. The fourth-order valence-electron chi connectivity index (χ4n) is 10.5. The molecule has 0 aliphatic heterocycles. The van der Waals surface area contributed by atoms with E-state index >= 15 is 0 Å². The zero-order valence-corrected chi connectivity index (χ0v) is 67.1. The third-order valence-corrected chi connectivity index (χ3v) is 16.6. The number of isocyanates is 1. The number of hydrogen-bond donors (Lipinski definition) is 8. The Labute approximate surface area is 663 Å². The summed E-state index contributed by atoms with van der Waals surface area (Å²) in [5, 5.41) is 32.6. The molecule has 0 aliphatic rings. The van der Waals surface area contributed by atoms with Gasteiger partial charge in [0.05, 0.1) is 39.6 Å². The van der Waals surface area contributed by atoms with Gasteiger partial charge < -0.3 is 50.9 Å². The molecule has 10 N–H and O–H groups in total. The Morgan fingerprint density at radius 1 is 0.600 bits per heavy atom. The number of nitriles is 1. The first-order valence-electron chi connectivity index (χ1n) is 34.3. The van der Waals surface area contributed by atoms with Crippen molar-refractivity contribution in [2.24, 2.45) is 44.7 Å². The van der Waals surface area contributed by atoms with E-state index in [-0.39, 0.29) is 64.4 Å². The summed E-state index contributed by atoms with van der Waals surface area (Å²) in [6.45, 7) is 28.5. The highest BCUT2D eigenvalue weighted by Crippen LogP contribution is 2.35. The van der Waals surface area contributed by atoms with Crippen LogP contribution < -0.4 is 42.7 Å². The molecule has 0 unspecified atom stereocenters. The highest BCUT2D eigenvalue weighted by atomic mass is 35.5. The number of urea groups is 1. The van der Waals surface area contributed by atoms with Crippen LogP contribution in [-0.4, -0.2) is 199 Å². The van der Waals surface area contributed by atoms with Gasteiger partial charge in [0.25, 0.3) is 28.8 Å². The van der Waals surface area contributed by atoms with E-state index < -0.39 is 74.8 Å². The van der Waals surface area contributed by atoms with Gasteiger partial charge in [0, 0.05) is 80.9 Å². The van der Waals surface area contributed by atoms with Crippen LogP contribution in [0.2, 0.25) is 0 Å². The molecule has 0 radical (unpaired) electrons. The summed E-state index contributed by atoms with van der Waals surface area (Å²) in [5.74, 6) is -4.05. The lowest BCUT2D eigenvalue weighted by molar-refractivity contribution is -0.140. The molecule has 5 amide bonds. The summed E-state index contributed by atoms with van der Waals surface area (Å²) in [6, 6.07) is 10.9. The van der Waals surface area contributed by atoms with E-state index in [4.69, 9.17) is 55.3 Å². The second kappa shape index (κ2) is 44.3. The van der Waals surface area contributed by atoms with Crippen LogP contribution in [0.1, 0.15) is 112 Å². The van der Waals surface area contributed by atoms with Gasteiger partial charge in [0.1, 0.15) is 64.5 Å². The molecular formula is C70H87Cl2F8N21O13S. The van der Waals surface area contributed by atoms with Crippen LogP contribution in [0.4, 0.5) is 51.3 Å². The van der Waals surface area contributed by atoms with Crippen molar-refractivity contribution in [3.63, 3.8) is 0 Å². The number of aliphatic imine (C=N–C) groups is 1. The molecular weight excluding hydrogens is 1600 g/mol. The zero-order valence-electron chi connectivity index (χ0n) is 64.7. The van der Waals surface area contributed by atoms with Crippen molar-refractivity contribution < 1.29 is 86.1 Å². The fraction of sp³-hybridized carbons (Fsp3) is 0.400. The van der Waals surface area contributed by atoms with Crippen molar-refractivity contribution in [2.45, 2.75) is 81.6 Å². The number of ether oxygens (including phenoxy) is 2. The molecule has 10 rings (SSSR count). The van der Waals surface area contributed by atoms with Gasteiger partial charge >= 0.3 is 28.8 Å². The lowest BCUT2D eigenvalue weighted by atomic mass is 10.1. The van der Waals surface area contributed by atoms with Crippen molar-refractivity contribution in [1.82, 2.24) is 79.1 Å². The van der Waals surface area contributed by atoms with Crippen LogP contribution in [0, 0.1) is 50.7 Å². The third kappa shape index (κ3) is 28.6. The molecule has 2 aromatic carbocycles.